The fourth-order valence-corrected chi connectivity index (χ4v) is 4.72. The summed E-state index contributed by atoms with van der Waals surface area (Å²) in [4.78, 5) is 38.0. The highest BCUT2D eigenvalue weighted by Crippen LogP contribution is 2.41. The fraction of sp³-hybridized carbons (Fsp3) is 0.286. The van der Waals surface area contributed by atoms with E-state index in [9.17, 15) is 14.4 Å². The minimum Gasteiger partial charge on any atom is -0.495 e. The quantitative estimate of drug-likeness (QED) is 0.782. The van der Waals surface area contributed by atoms with Crippen LogP contribution in [-0.2, 0) is 29.0 Å². The molecule has 8 heteroatoms. The zero-order valence-electron chi connectivity index (χ0n) is 15.7. The summed E-state index contributed by atoms with van der Waals surface area (Å²) < 4.78 is 5.56. The molecule has 2 aliphatic heterocycles. The third-order valence-electron chi connectivity index (χ3n) is 5.15. The summed E-state index contributed by atoms with van der Waals surface area (Å²) >= 11 is 6.99. The van der Waals surface area contributed by atoms with E-state index in [0.717, 1.165) is 34.1 Å². The van der Waals surface area contributed by atoms with Crippen LogP contribution in [0, 0.1) is 0 Å². The van der Waals surface area contributed by atoms with Gasteiger partial charge in [-0.25, -0.2) is 0 Å². The maximum atomic E-state index is 12.8. The summed E-state index contributed by atoms with van der Waals surface area (Å²) in [5.74, 6) is 0.367. The summed E-state index contributed by atoms with van der Waals surface area (Å²) in [6, 6.07) is 11.1. The van der Waals surface area contributed by atoms with Crippen LogP contribution in [0.4, 0.5) is 10.5 Å². The molecule has 1 unspecified atom stereocenters. The molecule has 0 spiro atoms. The molecule has 1 atom stereocenters. The largest absolute Gasteiger partial charge is 0.495 e. The molecule has 1 fully saturated rings. The van der Waals surface area contributed by atoms with Gasteiger partial charge in [-0.1, -0.05) is 41.6 Å². The normalized spacial score (nSPS) is 18.6. The Hall–Kier alpha value is -2.51. The molecular weight excluding hydrogens is 412 g/mol. The average Bonchev–Trinajstić information content (AvgIpc) is 3.02. The Kier molecular flexibility index (Phi) is 5.52. The summed E-state index contributed by atoms with van der Waals surface area (Å²) in [7, 11) is 1.58. The number of nitrogens with one attached hydrogen (secondary N) is 1. The first-order chi connectivity index (χ1) is 14.0. The van der Waals surface area contributed by atoms with Gasteiger partial charge >= 0.3 is 0 Å². The van der Waals surface area contributed by atoms with Crippen molar-refractivity contribution >= 4 is 46.1 Å². The van der Waals surface area contributed by atoms with Crippen LogP contribution in [-0.4, -0.2) is 29.4 Å². The van der Waals surface area contributed by atoms with Crippen molar-refractivity contribution in [3.05, 3.63) is 58.1 Å². The average molecular weight is 431 g/mol. The van der Waals surface area contributed by atoms with Gasteiger partial charge in [0, 0.05) is 11.4 Å². The van der Waals surface area contributed by atoms with Crippen LogP contribution in [0.3, 0.4) is 0 Å². The molecule has 1 N–H and O–H groups in total. The molecule has 2 aliphatic rings. The number of methoxy groups -OCH3 is 1. The smallest absolute Gasteiger partial charge is 0.286 e. The van der Waals surface area contributed by atoms with Gasteiger partial charge in [-0.15, -0.1) is 0 Å². The predicted octanol–water partition coefficient (Wildman–Crippen LogP) is 3.72. The van der Waals surface area contributed by atoms with Gasteiger partial charge in [0.25, 0.3) is 5.24 Å². The first kappa shape index (κ1) is 19.8. The first-order valence-electron chi connectivity index (χ1n) is 9.21. The van der Waals surface area contributed by atoms with Crippen molar-refractivity contribution in [2.24, 2.45) is 0 Å². The van der Waals surface area contributed by atoms with Gasteiger partial charge < -0.3 is 9.64 Å². The van der Waals surface area contributed by atoms with Crippen molar-refractivity contribution in [3.8, 4) is 5.75 Å². The maximum absolute atomic E-state index is 12.8. The molecule has 2 aromatic carbocycles. The van der Waals surface area contributed by atoms with E-state index in [1.165, 1.54) is 0 Å². The van der Waals surface area contributed by atoms with Gasteiger partial charge in [0.15, 0.2) is 0 Å². The Balaban J connectivity index is 1.71. The number of nitrogens with zero attached hydrogens (tertiary/aromatic N) is 1. The van der Waals surface area contributed by atoms with Gasteiger partial charge in [-0.3, -0.25) is 19.7 Å². The number of carbonyl (C=O) groups is 3. The van der Waals surface area contributed by atoms with Crippen molar-refractivity contribution in [1.29, 1.82) is 0 Å². The zero-order chi connectivity index (χ0) is 20.5. The molecule has 29 heavy (non-hydrogen) atoms. The summed E-state index contributed by atoms with van der Waals surface area (Å²) in [6.07, 6.45) is 1.38. The van der Waals surface area contributed by atoms with Gasteiger partial charge in [-0.05, 0) is 47.7 Å². The Bertz CT molecular complexity index is 993. The molecule has 2 aromatic rings. The van der Waals surface area contributed by atoms with Gasteiger partial charge in [-0.2, -0.15) is 0 Å². The topological polar surface area (TPSA) is 75.7 Å². The number of ether oxygens (including phenoxy) is 1. The highest BCUT2D eigenvalue weighted by Gasteiger charge is 2.34. The standard InChI is InChI=1S/C21H19ClN2O4S/c1-28-16-8-4-13(10-17-20(26)23-21(27)29-17)15-7-9-18(25)24(19(15)16)11-12-2-5-14(22)6-3-12/h2-6,8,17H,7,9-11H2,1H3,(H,23,26,27). The SMILES string of the molecule is COc1ccc(CC2SC(=O)NC2=O)c2c1N(Cc1ccc(Cl)cc1)C(=O)CC2. The molecule has 0 radical (unpaired) electrons. The van der Waals surface area contributed by atoms with Crippen molar-refractivity contribution in [2.75, 3.05) is 12.0 Å². The van der Waals surface area contributed by atoms with Crippen LogP contribution in [0.25, 0.3) is 0 Å². The number of benzene rings is 2. The van der Waals surface area contributed by atoms with E-state index in [1.54, 1.807) is 24.1 Å². The minimum absolute atomic E-state index is 0.0195. The van der Waals surface area contributed by atoms with E-state index < -0.39 is 5.25 Å². The number of rotatable bonds is 5. The van der Waals surface area contributed by atoms with Crippen molar-refractivity contribution in [1.82, 2.24) is 5.32 Å². The number of imide groups is 1. The molecule has 0 bridgehead atoms. The summed E-state index contributed by atoms with van der Waals surface area (Å²) in [5, 5.41) is 2.19. The Morgan fingerprint density at radius 3 is 2.55 bits per heavy atom. The van der Waals surface area contributed by atoms with Crippen molar-refractivity contribution < 1.29 is 19.1 Å². The third-order valence-corrected chi connectivity index (χ3v) is 6.38. The van der Waals surface area contributed by atoms with Gasteiger partial charge in [0.2, 0.25) is 11.8 Å². The van der Waals surface area contributed by atoms with Crippen molar-refractivity contribution in [2.45, 2.75) is 31.1 Å². The van der Waals surface area contributed by atoms with Crippen LogP contribution in [0.5, 0.6) is 5.75 Å². The zero-order valence-corrected chi connectivity index (χ0v) is 17.3. The lowest BCUT2D eigenvalue weighted by Gasteiger charge is -2.32. The van der Waals surface area contributed by atoms with Crippen LogP contribution in [0.1, 0.15) is 23.1 Å². The summed E-state index contributed by atoms with van der Waals surface area (Å²) in [5.41, 5.74) is 3.65. The molecule has 0 aromatic heterocycles. The van der Waals surface area contributed by atoms with Crippen molar-refractivity contribution in [3.63, 3.8) is 0 Å². The number of carbonyl (C=O) groups excluding carboxylic acids is 3. The Morgan fingerprint density at radius 1 is 1.14 bits per heavy atom. The number of anilines is 1. The summed E-state index contributed by atoms with van der Waals surface area (Å²) in [6.45, 7) is 0.403. The van der Waals surface area contributed by atoms with Crippen LogP contribution < -0.4 is 15.0 Å². The number of thioether (sulfide) groups is 1. The minimum atomic E-state index is -0.456. The van der Waals surface area contributed by atoms with E-state index in [-0.39, 0.29) is 17.1 Å². The predicted molar refractivity (Wildman–Crippen MR) is 113 cm³/mol. The van der Waals surface area contributed by atoms with Gasteiger partial charge in [0.05, 0.1) is 24.6 Å². The van der Waals surface area contributed by atoms with Gasteiger partial charge in [0.1, 0.15) is 5.75 Å². The molecule has 6 nitrogen and oxygen atoms in total. The van der Waals surface area contributed by atoms with Crippen LogP contribution in [0.15, 0.2) is 36.4 Å². The fourth-order valence-electron chi connectivity index (χ4n) is 3.75. The van der Waals surface area contributed by atoms with E-state index in [2.05, 4.69) is 5.32 Å². The van der Waals surface area contributed by atoms with E-state index in [1.807, 2.05) is 24.3 Å². The molecular formula is C21H19ClN2O4S. The monoisotopic (exact) mass is 430 g/mol. The Labute approximate surface area is 177 Å². The molecule has 1 saturated heterocycles. The highest BCUT2D eigenvalue weighted by molar-refractivity contribution is 8.15. The lowest BCUT2D eigenvalue weighted by atomic mass is 9.92. The molecule has 2 heterocycles. The lowest BCUT2D eigenvalue weighted by Crippen LogP contribution is -2.35. The number of amides is 3. The lowest BCUT2D eigenvalue weighted by molar-refractivity contribution is -0.119. The first-order valence-corrected chi connectivity index (χ1v) is 10.5. The van der Waals surface area contributed by atoms with E-state index in [4.69, 9.17) is 16.3 Å². The van der Waals surface area contributed by atoms with E-state index in [0.29, 0.717) is 36.6 Å². The Morgan fingerprint density at radius 2 is 1.90 bits per heavy atom. The number of halogens is 1. The molecule has 0 aliphatic carbocycles. The number of hydrogen-bond donors (Lipinski definition) is 1. The second-order valence-electron chi connectivity index (χ2n) is 6.95. The van der Waals surface area contributed by atoms with E-state index >= 15 is 0 Å². The molecule has 4 rings (SSSR count). The number of hydrogen-bond acceptors (Lipinski definition) is 5. The second-order valence-corrected chi connectivity index (χ2v) is 8.56. The van der Waals surface area contributed by atoms with Crippen LogP contribution in [0.2, 0.25) is 5.02 Å². The molecule has 0 saturated carbocycles. The second kappa shape index (κ2) is 8.08. The highest BCUT2D eigenvalue weighted by atomic mass is 35.5. The van der Waals surface area contributed by atoms with Crippen LogP contribution >= 0.6 is 23.4 Å². The number of fused-ring (bicyclic) bond motifs is 1. The third kappa shape index (κ3) is 3.97. The maximum Gasteiger partial charge on any atom is 0.286 e. The molecule has 150 valence electrons. The molecule has 3 amide bonds.